The van der Waals surface area contributed by atoms with Crippen molar-refractivity contribution >= 4 is 27.3 Å². The van der Waals surface area contributed by atoms with Crippen LogP contribution in [-0.4, -0.2) is 31.1 Å². The van der Waals surface area contributed by atoms with Crippen LogP contribution in [0.2, 0.25) is 0 Å². The number of thiophene rings is 1. The quantitative estimate of drug-likeness (QED) is 0.896. The Labute approximate surface area is 117 Å². The van der Waals surface area contributed by atoms with Gasteiger partial charge in [-0.3, -0.25) is 4.90 Å². The van der Waals surface area contributed by atoms with Crippen LogP contribution in [0.1, 0.15) is 24.6 Å². The van der Waals surface area contributed by atoms with Crippen molar-refractivity contribution in [3.63, 3.8) is 0 Å². The van der Waals surface area contributed by atoms with E-state index >= 15 is 0 Å². The van der Waals surface area contributed by atoms with Gasteiger partial charge in [0, 0.05) is 27.8 Å². The van der Waals surface area contributed by atoms with Gasteiger partial charge in [0.25, 0.3) is 0 Å². The Hall–Kier alpha value is 0.1000. The molecular formula is C13H21BrN2S. The third kappa shape index (κ3) is 4.36. The predicted molar refractivity (Wildman–Crippen MR) is 78.6 cm³/mol. The number of likely N-dealkylation sites (tertiary alicyclic amines) is 1. The SMILES string of the molecule is CCNCC1CCCN(Cc2cc(Br)cs2)C1. The summed E-state index contributed by atoms with van der Waals surface area (Å²) in [5, 5.41) is 5.65. The smallest absolute Gasteiger partial charge is 0.0328 e. The van der Waals surface area contributed by atoms with E-state index in [-0.39, 0.29) is 0 Å². The first-order valence-electron chi connectivity index (χ1n) is 6.44. The van der Waals surface area contributed by atoms with Gasteiger partial charge in [0.1, 0.15) is 0 Å². The molecule has 1 aliphatic rings. The van der Waals surface area contributed by atoms with E-state index in [0.717, 1.165) is 19.0 Å². The maximum atomic E-state index is 3.52. The third-order valence-electron chi connectivity index (χ3n) is 3.29. The minimum absolute atomic E-state index is 0.840. The lowest BCUT2D eigenvalue weighted by molar-refractivity contribution is 0.167. The molecule has 1 aromatic rings. The topological polar surface area (TPSA) is 15.3 Å². The molecule has 2 rings (SSSR count). The van der Waals surface area contributed by atoms with Crippen LogP contribution in [0.4, 0.5) is 0 Å². The van der Waals surface area contributed by atoms with Gasteiger partial charge in [0.15, 0.2) is 0 Å². The first-order chi connectivity index (χ1) is 8.28. The third-order valence-corrected chi connectivity index (χ3v) is 4.97. The molecule has 4 heteroatoms. The molecule has 96 valence electrons. The zero-order valence-corrected chi connectivity index (χ0v) is 12.8. The Kier molecular flexibility index (Phi) is 5.48. The minimum atomic E-state index is 0.840. The van der Waals surface area contributed by atoms with E-state index in [1.165, 1.54) is 41.8 Å². The van der Waals surface area contributed by atoms with Crippen molar-refractivity contribution in [2.24, 2.45) is 5.92 Å². The molecule has 2 nitrogen and oxygen atoms in total. The van der Waals surface area contributed by atoms with Crippen molar-refractivity contribution in [1.82, 2.24) is 10.2 Å². The highest BCUT2D eigenvalue weighted by Crippen LogP contribution is 2.23. The fourth-order valence-corrected chi connectivity index (χ4v) is 3.96. The lowest BCUT2D eigenvalue weighted by Gasteiger charge is -2.32. The number of piperidine rings is 1. The number of nitrogens with zero attached hydrogens (tertiary/aromatic N) is 1. The summed E-state index contributed by atoms with van der Waals surface area (Å²) in [5.74, 6) is 0.840. The van der Waals surface area contributed by atoms with E-state index in [1.807, 2.05) is 11.3 Å². The second-order valence-corrected chi connectivity index (χ2v) is 6.69. The van der Waals surface area contributed by atoms with E-state index < -0.39 is 0 Å². The molecule has 1 fully saturated rings. The van der Waals surface area contributed by atoms with Gasteiger partial charge in [-0.25, -0.2) is 0 Å². The molecule has 0 radical (unpaired) electrons. The van der Waals surface area contributed by atoms with Crippen molar-refractivity contribution in [2.45, 2.75) is 26.3 Å². The summed E-state index contributed by atoms with van der Waals surface area (Å²) in [4.78, 5) is 4.07. The van der Waals surface area contributed by atoms with E-state index in [1.54, 1.807) is 0 Å². The molecule has 17 heavy (non-hydrogen) atoms. The molecule has 0 aliphatic carbocycles. The zero-order chi connectivity index (χ0) is 12.1. The molecule has 2 heterocycles. The molecular weight excluding hydrogens is 296 g/mol. The summed E-state index contributed by atoms with van der Waals surface area (Å²) in [6, 6.07) is 2.25. The Balaban J connectivity index is 1.80. The second-order valence-electron chi connectivity index (χ2n) is 4.78. The molecule has 0 bridgehead atoms. The molecule has 1 aliphatic heterocycles. The zero-order valence-electron chi connectivity index (χ0n) is 10.4. The Morgan fingerprint density at radius 3 is 3.18 bits per heavy atom. The number of rotatable bonds is 5. The van der Waals surface area contributed by atoms with E-state index in [2.05, 4.69) is 44.5 Å². The fraction of sp³-hybridized carbons (Fsp3) is 0.692. The maximum absolute atomic E-state index is 3.52. The second kappa shape index (κ2) is 6.88. The van der Waals surface area contributed by atoms with Gasteiger partial charge in [0.2, 0.25) is 0 Å². The van der Waals surface area contributed by atoms with Crippen molar-refractivity contribution in [3.8, 4) is 0 Å². The molecule has 1 N–H and O–H groups in total. The first kappa shape index (κ1) is 13.5. The van der Waals surface area contributed by atoms with Gasteiger partial charge in [0.05, 0.1) is 0 Å². The first-order valence-corrected chi connectivity index (χ1v) is 8.11. The molecule has 0 aromatic carbocycles. The van der Waals surface area contributed by atoms with Crippen LogP contribution >= 0.6 is 27.3 Å². The van der Waals surface area contributed by atoms with E-state index in [4.69, 9.17) is 0 Å². The Bertz CT molecular complexity index is 340. The van der Waals surface area contributed by atoms with Gasteiger partial charge in [-0.2, -0.15) is 0 Å². The average Bonchev–Trinajstić information content (AvgIpc) is 2.73. The van der Waals surface area contributed by atoms with Crippen LogP contribution in [0.25, 0.3) is 0 Å². The Morgan fingerprint density at radius 1 is 1.59 bits per heavy atom. The van der Waals surface area contributed by atoms with Crippen molar-refractivity contribution in [3.05, 3.63) is 20.8 Å². The summed E-state index contributed by atoms with van der Waals surface area (Å²) >= 11 is 5.38. The highest BCUT2D eigenvalue weighted by molar-refractivity contribution is 9.10. The van der Waals surface area contributed by atoms with Gasteiger partial charge in [-0.15, -0.1) is 11.3 Å². The van der Waals surface area contributed by atoms with Gasteiger partial charge >= 0.3 is 0 Å². The summed E-state index contributed by atoms with van der Waals surface area (Å²) in [6.45, 7) is 8.10. The lowest BCUT2D eigenvalue weighted by Crippen LogP contribution is -2.39. The maximum Gasteiger partial charge on any atom is 0.0328 e. The van der Waals surface area contributed by atoms with Gasteiger partial charge in [-0.1, -0.05) is 6.92 Å². The number of hydrogen-bond donors (Lipinski definition) is 1. The summed E-state index contributed by atoms with van der Waals surface area (Å²) in [5.41, 5.74) is 0. The highest BCUT2D eigenvalue weighted by atomic mass is 79.9. The van der Waals surface area contributed by atoms with Crippen LogP contribution in [-0.2, 0) is 6.54 Å². The standard InChI is InChI=1S/C13H21BrN2S/c1-2-15-7-11-4-3-5-16(8-11)9-13-6-12(14)10-17-13/h6,10-11,15H,2-5,7-9H2,1H3. The van der Waals surface area contributed by atoms with Crippen LogP contribution < -0.4 is 5.32 Å². The van der Waals surface area contributed by atoms with Crippen molar-refractivity contribution < 1.29 is 0 Å². The molecule has 1 saturated heterocycles. The molecule has 0 saturated carbocycles. The van der Waals surface area contributed by atoms with Crippen LogP contribution in [0, 0.1) is 5.92 Å². The largest absolute Gasteiger partial charge is 0.317 e. The summed E-state index contributed by atoms with van der Waals surface area (Å²) in [6.07, 6.45) is 2.74. The summed E-state index contributed by atoms with van der Waals surface area (Å²) in [7, 11) is 0. The monoisotopic (exact) mass is 316 g/mol. The number of halogens is 1. The molecule has 0 spiro atoms. The highest BCUT2D eigenvalue weighted by Gasteiger charge is 2.19. The van der Waals surface area contributed by atoms with Crippen molar-refractivity contribution in [1.29, 1.82) is 0 Å². The minimum Gasteiger partial charge on any atom is -0.317 e. The predicted octanol–water partition coefficient (Wildman–Crippen LogP) is 3.33. The molecule has 1 atom stereocenters. The average molecular weight is 317 g/mol. The van der Waals surface area contributed by atoms with Gasteiger partial charge in [-0.05, 0) is 60.4 Å². The normalized spacial score (nSPS) is 21.9. The van der Waals surface area contributed by atoms with Crippen LogP contribution in [0.5, 0.6) is 0 Å². The number of hydrogen-bond acceptors (Lipinski definition) is 3. The van der Waals surface area contributed by atoms with Gasteiger partial charge < -0.3 is 5.32 Å². The summed E-state index contributed by atoms with van der Waals surface area (Å²) < 4.78 is 1.22. The molecule has 1 unspecified atom stereocenters. The lowest BCUT2D eigenvalue weighted by atomic mass is 9.98. The molecule has 1 aromatic heterocycles. The number of nitrogens with one attached hydrogen (secondary N) is 1. The van der Waals surface area contributed by atoms with Crippen molar-refractivity contribution in [2.75, 3.05) is 26.2 Å². The Morgan fingerprint density at radius 2 is 2.47 bits per heavy atom. The van der Waals surface area contributed by atoms with Crippen LogP contribution in [0.3, 0.4) is 0 Å². The molecule has 0 amide bonds. The van der Waals surface area contributed by atoms with Crippen LogP contribution in [0.15, 0.2) is 15.9 Å². The van der Waals surface area contributed by atoms with E-state index in [0.29, 0.717) is 0 Å². The fourth-order valence-electron chi connectivity index (χ4n) is 2.47. The van der Waals surface area contributed by atoms with E-state index in [9.17, 15) is 0 Å².